The minimum absolute atomic E-state index is 0.0761. The van der Waals surface area contributed by atoms with Crippen LogP contribution in [0.4, 0.5) is 4.79 Å². The van der Waals surface area contributed by atoms with Crippen LogP contribution in [0.2, 0.25) is 5.02 Å². The molecule has 2 amide bonds. The summed E-state index contributed by atoms with van der Waals surface area (Å²) in [6.45, 7) is 2.28. The van der Waals surface area contributed by atoms with E-state index in [9.17, 15) is 24.3 Å². The number of carboxylic acid groups (broad SMARTS) is 1. The first-order valence-corrected chi connectivity index (χ1v) is 12.9. The van der Waals surface area contributed by atoms with Crippen molar-refractivity contribution in [3.05, 3.63) is 106 Å². The van der Waals surface area contributed by atoms with E-state index in [2.05, 4.69) is 10.3 Å². The Morgan fingerprint density at radius 3 is 2.28 bits per heavy atom. The molecule has 3 aromatic rings. The molecule has 2 atom stereocenters. The van der Waals surface area contributed by atoms with E-state index in [4.69, 9.17) is 11.6 Å². The number of hydrogen-bond donors (Lipinski definition) is 2. The van der Waals surface area contributed by atoms with E-state index in [1.807, 2.05) is 6.07 Å². The van der Waals surface area contributed by atoms with Crippen molar-refractivity contribution >= 4 is 40.9 Å². The first-order valence-electron chi connectivity index (χ1n) is 12.5. The lowest BCUT2D eigenvalue weighted by Crippen LogP contribution is -2.47. The second-order valence-corrected chi connectivity index (χ2v) is 9.71. The van der Waals surface area contributed by atoms with Crippen LogP contribution in [0.15, 0.2) is 83.9 Å². The topological polar surface area (TPSA) is 116 Å². The number of halogens is 1. The number of nitrogens with one attached hydrogen (secondary N) is 1. The minimum Gasteiger partial charge on any atom is -0.481 e. The summed E-state index contributed by atoms with van der Waals surface area (Å²) >= 11 is 6.15. The van der Waals surface area contributed by atoms with E-state index in [0.29, 0.717) is 40.2 Å². The van der Waals surface area contributed by atoms with Crippen molar-refractivity contribution in [1.82, 2.24) is 10.2 Å². The van der Waals surface area contributed by atoms with Crippen LogP contribution in [0.5, 0.6) is 0 Å². The van der Waals surface area contributed by atoms with Gasteiger partial charge >= 0.3 is 12.0 Å². The zero-order valence-electron chi connectivity index (χ0n) is 21.3. The summed E-state index contributed by atoms with van der Waals surface area (Å²) in [6.07, 6.45) is 0.474. The van der Waals surface area contributed by atoms with Gasteiger partial charge in [-0.1, -0.05) is 78.3 Å². The number of hydrogen-bond acceptors (Lipinski definition) is 5. The molecule has 200 valence electrons. The normalized spacial score (nSPS) is 17.0. The number of benzene rings is 3. The Morgan fingerprint density at radius 1 is 0.949 bits per heavy atom. The second-order valence-electron chi connectivity index (χ2n) is 9.27. The highest BCUT2D eigenvalue weighted by Gasteiger charge is 2.42. The van der Waals surface area contributed by atoms with Gasteiger partial charge in [0.15, 0.2) is 11.6 Å². The lowest BCUT2D eigenvalue weighted by molar-refractivity contribution is -0.141. The Balaban J connectivity index is 1.33. The molecule has 0 aliphatic carbocycles. The van der Waals surface area contributed by atoms with Crippen LogP contribution in [0.1, 0.15) is 51.2 Å². The van der Waals surface area contributed by atoms with Gasteiger partial charge in [-0.25, -0.2) is 9.79 Å². The highest BCUT2D eigenvalue weighted by atomic mass is 35.5. The van der Waals surface area contributed by atoms with Crippen molar-refractivity contribution in [3.63, 3.8) is 0 Å². The summed E-state index contributed by atoms with van der Waals surface area (Å²) in [5.41, 5.74) is 2.43. The SMILES string of the molecule is CC1=NC(=O)N(CCCNCC(=O)c2ccc(C(=O)c3ccccc3)cc2)C(c2cccc(Cl)c2)C1C(=O)O. The van der Waals surface area contributed by atoms with Crippen LogP contribution >= 0.6 is 11.6 Å². The number of carbonyl (C=O) groups excluding carboxylic acids is 3. The largest absolute Gasteiger partial charge is 0.481 e. The van der Waals surface area contributed by atoms with Gasteiger partial charge in [-0.2, -0.15) is 0 Å². The van der Waals surface area contributed by atoms with Crippen LogP contribution < -0.4 is 5.32 Å². The molecule has 3 aromatic carbocycles. The number of Topliss-reactive ketones (excluding diaryl/α,β-unsaturated/α-hetero) is 1. The summed E-state index contributed by atoms with van der Waals surface area (Å²) in [5, 5.41) is 13.4. The summed E-state index contributed by atoms with van der Waals surface area (Å²) in [5.74, 6) is -2.31. The molecular weight excluding hydrogens is 518 g/mol. The van der Waals surface area contributed by atoms with Crippen LogP contribution in [0.25, 0.3) is 0 Å². The summed E-state index contributed by atoms with van der Waals surface area (Å²) < 4.78 is 0. The fraction of sp³-hybridized carbons (Fsp3) is 0.233. The third-order valence-corrected chi connectivity index (χ3v) is 6.85. The van der Waals surface area contributed by atoms with Gasteiger partial charge in [-0.3, -0.25) is 14.4 Å². The van der Waals surface area contributed by atoms with E-state index in [0.717, 1.165) is 0 Å². The Morgan fingerprint density at radius 2 is 1.62 bits per heavy atom. The predicted octanol–water partition coefficient (Wildman–Crippen LogP) is 5.07. The van der Waals surface area contributed by atoms with Gasteiger partial charge < -0.3 is 15.3 Å². The Labute approximate surface area is 231 Å². The molecule has 4 rings (SSSR count). The lowest BCUT2D eigenvalue weighted by Gasteiger charge is -2.38. The van der Waals surface area contributed by atoms with E-state index in [1.165, 1.54) is 4.90 Å². The third kappa shape index (κ3) is 6.66. The lowest BCUT2D eigenvalue weighted by atomic mass is 9.87. The number of nitrogens with zero attached hydrogens (tertiary/aromatic N) is 2. The second kappa shape index (κ2) is 12.6. The van der Waals surface area contributed by atoms with Gasteiger partial charge in [0.2, 0.25) is 0 Å². The van der Waals surface area contributed by atoms with Gasteiger partial charge in [-0.05, 0) is 37.6 Å². The number of urea groups is 1. The van der Waals surface area contributed by atoms with Crippen LogP contribution in [0, 0.1) is 5.92 Å². The highest BCUT2D eigenvalue weighted by Crippen LogP contribution is 2.35. The number of rotatable bonds is 11. The molecule has 0 saturated carbocycles. The first-order chi connectivity index (χ1) is 18.8. The van der Waals surface area contributed by atoms with Gasteiger partial charge in [-0.15, -0.1) is 0 Å². The molecule has 2 N–H and O–H groups in total. The van der Waals surface area contributed by atoms with Gasteiger partial charge in [0.25, 0.3) is 0 Å². The van der Waals surface area contributed by atoms with Crippen molar-refractivity contribution in [2.75, 3.05) is 19.6 Å². The maximum absolute atomic E-state index is 12.8. The van der Waals surface area contributed by atoms with Crippen LogP contribution in [-0.4, -0.2) is 58.9 Å². The Bertz CT molecular complexity index is 1410. The third-order valence-electron chi connectivity index (χ3n) is 6.62. The zero-order chi connectivity index (χ0) is 27.9. The fourth-order valence-corrected chi connectivity index (χ4v) is 4.86. The van der Waals surface area contributed by atoms with E-state index in [-0.39, 0.29) is 30.4 Å². The van der Waals surface area contributed by atoms with E-state index in [1.54, 1.807) is 79.7 Å². The minimum atomic E-state index is -1.07. The van der Waals surface area contributed by atoms with Crippen molar-refractivity contribution in [3.8, 4) is 0 Å². The fourth-order valence-electron chi connectivity index (χ4n) is 4.67. The quantitative estimate of drug-likeness (QED) is 0.257. The van der Waals surface area contributed by atoms with Crippen molar-refractivity contribution < 1.29 is 24.3 Å². The molecule has 0 saturated heterocycles. The van der Waals surface area contributed by atoms with Gasteiger partial charge in [0, 0.05) is 34.0 Å². The van der Waals surface area contributed by atoms with Gasteiger partial charge in [0.1, 0.15) is 5.92 Å². The summed E-state index contributed by atoms with van der Waals surface area (Å²) in [7, 11) is 0. The number of carboxylic acids is 1. The average Bonchev–Trinajstić information content (AvgIpc) is 2.93. The number of carbonyl (C=O) groups is 4. The van der Waals surface area contributed by atoms with Crippen molar-refractivity contribution in [1.29, 1.82) is 0 Å². The summed E-state index contributed by atoms with van der Waals surface area (Å²) in [6, 6.07) is 21.1. The van der Waals surface area contributed by atoms with E-state index >= 15 is 0 Å². The zero-order valence-corrected chi connectivity index (χ0v) is 22.1. The average molecular weight is 546 g/mol. The molecule has 1 heterocycles. The molecule has 0 radical (unpaired) electrons. The maximum atomic E-state index is 12.8. The Kier molecular flexibility index (Phi) is 9.01. The predicted molar refractivity (Wildman–Crippen MR) is 149 cm³/mol. The molecule has 39 heavy (non-hydrogen) atoms. The molecule has 0 fully saturated rings. The number of aliphatic carboxylic acids is 1. The van der Waals surface area contributed by atoms with Crippen LogP contribution in [-0.2, 0) is 4.79 Å². The molecule has 1 aliphatic heterocycles. The Hall–Kier alpha value is -4.14. The molecule has 2 unspecified atom stereocenters. The molecule has 0 bridgehead atoms. The molecule has 1 aliphatic rings. The smallest absolute Gasteiger partial charge is 0.344 e. The number of ketones is 2. The molecule has 9 heteroatoms. The highest BCUT2D eigenvalue weighted by molar-refractivity contribution is 6.30. The molecule has 8 nitrogen and oxygen atoms in total. The number of aliphatic imine (C=N–C) groups is 1. The van der Waals surface area contributed by atoms with Crippen molar-refractivity contribution in [2.45, 2.75) is 19.4 Å². The van der Waals surface area contributed by atoms with E-state index < -0.39 is 24.0 Å². The molecule has 0 spiro atoms. The summed E-state index contributed by atoms with van der Waals surface area (Å²) in [4.78, 5) is 55.5. The maximum Gasteiger partial charge on any atom is 0.344 e. The molecular formula is C30H28ClN3O5. The monoisotopic (exact) mass is 545 g/mol. The first kappa shape index (κ1) is 27.9. The van der Waals surface area contributed by atoms with Crippen LogP contribution in [0.3, 0.4) is 0 Å². The van der Waals surface area contributed by atoms with Gasteiger partial charge in [0.05, 0.1) is 12.6 Å². The standard InChI is InChI=1S/C30H28ClN3O5/c1-19-26(29(37)38)27(23-9-5-10-24(31)17-23)34(30(39)33-19)16-6-15-32-18-25(35)20-11-13-22(14-12-20)28(36)21-7-3-2-4-8-21/h2-5,7-14,17,26-27,32H,6,15-16,18H2,1H3,(H,37,38). The molecule has 0 aromatic heterocycles. The van der Waals surface area contributed by atoms with Crippen molar-refractivity contribution in [2.24, 2.45) is 10.9 Å². The number of amides is 2.